The second kappa shape index (κ2) is 8.53. The Kier molecular flexibility index (Phi) is 6.11. The van der Waals surface area contributed by atoms with Crippen LogP contribution in [-0.2, 0) is 0 Å². The van der Waals surface area contributed by atoms with E-state index in [-0.39, 0.29) is 12.1 Å². The van der Waals surface area contributed by atoms with Gasteiger partial charge < -0.3 is 19.9 Å². The highest BCUT2D eigenvalue weighted by molar-refractivity contribution is 6.31. The number of benzene rings is 2. The minimum atomic E-state index is -0.0229. The maximum Gasteiger partial charge on any atom is 0.317 e. The summed E-state index contributed by atoms with van der Waals surface area (Å²) < 4.78 is 5.49. The number of nitrogens with one attached hydrogen (secondary N) is 1. The molecule has 1 heterocycles. The zero-order valence-corrected chi connectivity index (χ0v) is 16.8. The number of ether oxygens (including phenoxy) is 1. The lowest BCUT2D eigenvalue weighted by atomic mass is 10.1. The number of amides is 2. The van der Waals surface area contributed by atoms with Crippen LogP contribution < -0.4 is 15.0 Å². The molecule has 1 aliphatic heterocycles. The lowest BCUT2D eigenvalue weighted by Crippen LogP contribution is -2.52. The highest BCUT2D eigenvalue weighted by Gasteiger charge is 2.24. The number of hydrogen-bond acceptors (Lipinski definition) is 3. The molecule has 2 amide bonds. The van der Waals surface area contributed by atoms with Crippen LogP contribution in [-0.4, -0.2) is 44.2 Å². The van der Waals surface area contributed by atoms with Gasteiger partial charge in [-0.15, -0.1) is 0 Å². The van der Waals surface area contributed by atoms with E-state index in [4.69, 9.17) is 16.3 Å². The number of anilines is 1. The van der Waals surface area contributed by atoms with Crippen LogP contribution in [0.4, 0.5) is 10.5 Å². The number of carbonyl (C=O) groups excluding carboxylic acids is 1. The van der Waals surface area contributed by atoms with Crippen molar-refractivity contribution in [2.75, 3.05) is 38.2 Å². The van der Waals surface area contributed by atoms with Crippen LogP contribution in [0.15, 0.2) is 42.5 Å². The largest absolute Gasteiger partial charge is 0.495 e. The van der Waals surface area contributed by atoms with E-state index in [9.17, 15) is 4.79 Å². The number of halogens is 1. The van der Waals surface area contributed by atoms with Crippen molar-refractivity contribution in [3.05, 3.63) is 58.6 Å². The van der Waals surface area contributed by atoms with Gasteiger partial charge in [-0.3, -0.25) is 0 Å². The third-order valence-electron chi connectivity index (χ3n) is 5.01. The topological polar surface area (TPSA) is 44.8 Å². The Morgan fingerprint density at radius 3 is 2.44 bits per heavy atom. The maximum atomic E-state index is 12.6. The van der Waals surface area contributed by atoms with E-state index >= 15 is 0 Å². The summed E-state index contributed by atoms with van der Waals surface area (Å²) in [6.07, 6.45) is 0. The second-order valence-corrected chi connectivity index (χ2v) is 7.24. The molecule has 3 rings (SSSR count). The molecule has 2 aromatic carbocycles. The third kappa shape index (κ3) is 4.48. The van der Waals surface area contributed by atoms with Crippen LogP contribution in [0.3, 0.4) is 0 Å². The van der Waals surface area contributed by atoms with Crippen molar-refractivity contribution in [2.45, 2.75) is 19.9 Å². The van der Waals surface area contributed by atoms with Gasteiger partial charge in [0.1, 0.15) is 5.75 Å². The Labute approximate surface area is 165 Å². The minimum Gasteiger partial charge on any atom is -0.495 e. The van der Waals surface area contributed by atoms with Gasteiger partial charge in [-0.05, 0) is 31.0 Å². The number of methoxy groups -OCH3 is 1. The molecule has 1 N–H and O–H groups in total. The Bertz CT molecular complexity index is 790. The monoisotopic (exact) mass is 387 g/mol. The SMILES string of the molecule is COc1cc(Cl)c(C)cc1N1CCN(C(=O)NC(C)c2ccccc2)CC1. The summed E-state index contributed by atoms with van der Waals surface area (Å²) in [5.74, 6) is 0.765. The van der Waals surface area contributed by atoms with Crippen LogP contribution in [0.2, 0.25) is 5.02 Å². The summed E-state index contributed by atoms with van der Waals surface area (Å²) in [5.41, 5.74) is 3.15. The minimum absolute atomic E-state index is 0.0178. The predicted octanol–water partition coefficient (Wildman–Crippen LogP) is 4.25. The molecule has 0 aromatic heterocycles. The van der Waals surface area contributed by atoms with Gasteiger partial charge >= 0.3 is 6.03 Å². The standard InChI is InChI=1S/C21H26ClN3O2/c1-15-13-19(20(27-3)14-18(15)22)24-9-11-25(12-10-24)21(26)23-16(2)17-7-5-4-6-8-17/h4-8,13-14,16H,9-12H2,1-3H3,(H,23,26). The number of hydrogen-bond donors (Lipinski definition) is 1. The first-order valence-electron chi connectivity index (χ1n) is 9.19. The van der Waals surface area contributed by atoms with Gasteiger partial charge in [0.2, 0.25) is 0 Å². The lowest BCUT2D eigenvalue weighted by Gasteiger charge is -2.37. The molecular weight excluding hydrogens is 362 g/mol. The maximum absolute atomic E-state index is 12.6. The Morgan fingerprint density at radius 2 is 1.81 bits per heavy atom. The number of piperazine rings is 1. The molecule has 0 aliphatic carbocycles. The average molecular weight is 388 g/mol. The third-order valence-corrected chi connectivity index (χ3v) is 5.41. The molecule has 6 heteroatoms. The van der Waals surface area contributed by atoms with Gasteiger partial charge in [0.05, 0.1) is 18.8 Å². The highest BCUT2D eigenvalue weighted by Crippen LogP contribution is 2.34. The van der Waals surface area contributed by atoms with Crippen molar-refractivity contribution in [3.63, 3.8) is 0 Å². The summed E-state index contributed by atoms with van der Waals surface area (Å²) in [6, 6.07) is 13.9. The fraction of sp³-hybridized carbons (Fsp3) is 0.381. The van der Waals surface area contributed by atoms with Crippen molar-refractivity contribution >= 4 is 23.3 Å². The molecule has 1 aliphatic rings. The van der Waals surface area contributed by atoms with E-state index < -0.39 is 0 Å². The smallest absolute Gasteiger partial charge is 0.317 e. The second-order valence-electron chi connectivity index (χ2n) is 6.83. The van der Waals surface area contributed by atoms with Crippen LogP contribution in [0.25, 0.3) is 0 Å². The van der Waals surface area contributed by atoms with Crippen molar-refractivity contribution in [3.8, 4) is 5.75 Å². The van der Waals surface area contributed by atoms with Crippen LogP contribution in [0.1, 0.15) is 24.1 Å². The first-order chi connectivity index (χ1) is 13.0. The first kappa shape index (κ1) is 19.4. The fourth-order valence-corrected chi connectivity index (χ4v) is 3.46. The van der Waals surface area contributed by atoms with E-state index in [1.165, 1.54) is 0 Å². The van der Waals surface area contributed by atoms with Crippen LogP contribution >= 0.6 is 11.6 Å². The van der Waals surface area contributed by atoms with Gasteiger partial charge in [-0.1, -0.05) is 41.9 Å². The van der Waals surface area contributed by atoms with E-state index in [1.54, 1.807) is 7.11 Å². The number of rotatable bonds is 4. The van der Waals surface area contributed by atoms with Crippen molar-refractivity contribution in [1.82, 2.24) is 10.2 Å². The number of urea groups is 1. The summed E-state index contributed by atoms with van der Waals surface area (Å²) in [7, 11) is 1.65. The molecule has 1 unspecified atom stereocenters. The molecule has 5 nitrogen and oxygen atoms in total. The van der Waals surface area contributed by atoms with Crippen molar-refractivity contribution < 1.29 is 9.53 Å². The first-order valence-corrected chi connectivity index (χ1v) is 9.57. The van der Waals surface area contributed by atoms with Gasteiger partial charge in [-0.2, -0.15) is 0 Å². The van der Waals surface area contributed by atoms with E-state index in [2.05, 4.69) is 10.2 Å². The molecule has 144 valence electrons. The molecular formula is C21H26ClN3O2. The van der Waals surface area contributed by atoms with Crippen molar-refractivity contribution in [1.29, 1.82) is 0 Å². The van der Waals surface area contributed by atoms with E-state index in [1.807, 2.05) is 61.2 Å². The van der Waals surface area contributed by atoms with Gasteiger partial charge in [0, 0.05) is 37.3 Å². The Hall–Kier alpha value is -2.40. The number of aryl methyl sites for hydroxylation is 1. The number of carbonyl (C=O) groups is 1. The van der Waals surface area contributed by atoms with Gasteiger partial charge in [0.15, 0.2) is 0 Å². The summed E-state index contributed by atoms with van der Waals surface area (Å²) in [6.45, 7) is 6.83. The lowest BCUT2D eigenvalue weighted by molar-refractivity contribution is 0.191. The Balaban J connectivity index is 1.60. The summed E-state index contributed by atoms with van der Waals surface area (Å²) >= 11 is 6.21. The zero-order chi connectivity index (χ0) is 19.4. The Morgan fingerprint density at radius 1 is 1.15 bits per heavy atom. The molecule has 27 heavy (non-hydrogen) atoms. The van der Waals surface area contributed by atoms with Crippen LogP contribution in [0.5, 0.6) is 5.75 Å². The normalized spacial score (nSPS) is 15.4. The molecule has 1 fully saturated rings. The highest BCUT2D eigenvalue weighted by atomic mass is 35.5. The molecule has 1 atom stereocenters. The molecule has 2 aromatic rings. The fourth-order valence-electron chi connectivity index (χ4n) is 3.31. The van der Waals surface area contributed by atoms with E-state index in [0.29, 0.717) is 18.1 Å². The van der Waals surface area contributed by atoms with Crippen molar-refractivity contribution in [2.24, 2.45) is 0 Å². The average Bonchev–Trinajstić information content (AvgIpc) is 2.70. The molecule has 0 bridgehead atoms. The van der Waals surface area contributed by atoms with Gasteiger partial charge in [-0.25, -0.2) is 4.79 Å². The van der Waals surface area contributed by atoms with E-state index in [0.717, 1.165) is 35.7 Å². The zero-order valence-electron chi connectivity index (χ0n) is 16.0. The predicted molar refractivity (Wildman–Crippen MR) is 110 cm³/mol. The summed E-state index contributed by atoms with van der Waals surface area (Å²) in [5, 5.41) is 3.78. The molecule has 0 radical (unpaired) electrons. The molecule has 0 saturated carbocycles. The molecule has 0 spiro atoms. The quantitative estimate of drug-likeness (QED) is 0.852. The molecule has 1 saturated heterocycles. The van der Waals surface area contributed by atoms with Gasteiger partial charge in [0.25, 0.3) is 0 Å². The van der Waals surface area contributed by atoms with Crippen LogP contribution in [0, 0.1) is 6.92 Å². The summed E-state index contributed by atoms with van der Waals surface area (Å²) in [4.78, 5) is 16.7. The number of nitrogens with zero attached hydrogens (tertiary/aromatic N) is 2.